The van der Waals surface area contributed by atoms with Gasteiger partial charge in [0.25, 0.3) is 5.91 Å². The van der Waals surface area contributed by atoms with Crippen molar-refractivity contribution in [2.24, 2.45) is 5.73 Å². The van der Waals surface area contributed by atoms with E-state index in [1.807, 2.05) is 5.38 Å². The van der Waals surface area contributed by atoms with E-state index in [4.69, 9.17) is 5.73 Å². The van der Waals surface area contributed by atoms with Gasteiger partial charge in [0.1, 0.15) is 16.9 Å². The van der Waals surface area contributed by atoms with Gasteiger partial charge in [-0.15, -0.1) is 11.3 Å². The first-order chi connectivity index (χ1) is 5.79. The molecule has 0 aliphatic rings. The Morgan fingerprint density at radius 1 is 1.50 bits per heavy atom. The third kappa shape index (κ3) is 0.947. The zero-order valence-corrected chi connectivity index (χ0v) is 6.84. The van der Waals surface area contributed by atoms with Gasteiger partial charge in [-0.2, -0.15) is 0 Å². The number of nitrogens with zero attached hydrogens (tertiary/aromatic N) is 2. The molecule has 0 unspecified atom stereocenters. The summed E-state index contributed by atoms with van der Waals surface area (Å²) < 4.78 is 0. The van der Waals surface area contributed by atoms with E-state index >= 15 is 0 Å². The Kier molecular flexibility index (Phi) is 1.51. The van der Waals surface area contributed by atoms with Crippen LogP contribution in [0.15, 0.2) is 17.8 Å². The lowest BCUT2D eigenvalue weighted by Gasteiger charge is -1.93. The molecule has 0 saturated carbocycles. The van der Waals surface area contributed by atoms with Crippen molar-refractivity contribution >= 4 is 27.5 Å². The number of aromatic nitrogens is 2. The molecule has 2 N–H and O–H groups in total. The number of fused-ring (bicyclic) bond motifs is 1. The fourth-order valence-electron chi connectivity index (χ4n) is 0.986. The summed E-state index contributed by atoms with van der Waals surface area (Å²) in [5.74, 6) is -0.513. The second kappa shape index (κ2) is 2.53. The molecule has 1 amide bonds. The molecule has 5 heteroatoms. The topological polar surface area (TPSA) is 68.9 Å². The van der Waals surface area contributed by atoms with Crippen LogP contribution in [0.2, 0.25) is 0 Å². The Hall–Kier alpha value is -1.49. The van der Waals surface area contributed by atoms with Gasteiger partial charge < -0.3 is 5.73 Å². The number of hydrogen-bond donors (Lipinski definition) is 1. The lowest BCUT2D eigenvalue weighted by Crippen LogP contribution is -2.13. The molecule has 2 heterocycles. The lowest BCUT2D eigenvalue weighted by molar-refractivity contribution is 0.0997. The molecule has 0 fully saturated rings. The highest BCUT2D eigenvalue weighted by molar-refractivity contribution is 7.16. The highest BCUT2D eigenvalue weighted by Gasteiger charge is 2.08. The molecular formula is C7H5N3OS. The zero-order chi connectivity index (χ0) is 8.55. The molecule has 2 rings (SSSR count). The van der Waals surface area contributed by atoms with Crippen LogP contribution in [0.4, 0.5) is 0 Å². The smallest absolute Gasteiger partial charge is 0.268 e. The largest absolute Gasteiger partial charge is 0.364 e. The monoisotopic (exact) mass is 179 g/mol. The summed E-state index contributed by atoms with van der Waals surface area (Å²) in [6.07, 6.45) is 1.35. The summed E-state index contributed by atoms with van der Waals surface area (Å²) >= 11 is 1.46. The Balaban J connectivity index is 2.82. The van der Waals surface area contributed by atoms with Crippen LogP contribution in [-0.4, -0.2) is 15.9 Å². The molecular weight excluding hydrogens is 174 g/mol. The van der Waals surface area contributed by atoms with Crippen molar-refractivity contribution in [1.29, 1.82) is 0 Å². The molecule has 0 saturated heterocycles. The van der Waals surface area contributed by atoms with Crippen molar-refractivity contribution in [2.75, 3.05) is 0 Å². The lowest BCUT2D eigenvalue weighted by atomic mass is 10.3. The molecule has 2 aromatic rings. The number of amides is 1. The summed E-state index contributed by atoms with van der Waals surface area (Å²) in [5, 5.41) is 2.58. The van der Waals surface area contributed by atoms with Crippen LogP contribution in [0.3, 0.4) is 0 Å². The quantitative estimate of drug-likeness (QED) is 0.703. The van der Waals surface area contributed by atoms with Crippen molar-refractivity contribution in [3.8, 4) is 0 Å². The summed E-state index contributed by atoms with van der Waals surface area (Å²) in [4.78, 5) is 19.4. The second-order valence-electron chi connectivity index (χ2n) is 2.23. The molecule has 0 aromatic carbocycles. The maximum Gasteiger partial charge on any atom is 0.268 e. The molecule has 0 spiro atoms. The molecule has 0 radical (unpaired) electrons. The van der Waals surface area contributed by atoms with Gasteiger partial charge in [-0.25, -0.2) is 9.97 Å². The Morgan fingerprint density at radius 2 is 2.33 bits per heavy atom. The van der Waals surface area contributed by atoms with Gasteiger partial charge in [0.05, 0.1) is 0 Å². The predicted octanol–water partition coefficient (Wildman–Crippen LogP) is 0.790. The first-order valence-electron chi connectivity index (χ1n) is 3.27. The molecule has 0 aliphatic carbocycles. The van der Waals surface area contributed by atoms with E-state index in [2.05, 4.69) is 9.97 Å². The number of primary amides is 1. The van der Waals surface area contributed by atoms with Gasteiger partial charge in [0.2, 0.25) is 0 Å². The van der Waals surface area contributed by atoms with E-state index in [0.29, 0.717) is 5.69 Å². The minimum absolute atomic E-state index is 0.293. The number of thiophene rings is 1. The highest BCUT2D eigenvalue weighted by atomic mass is 32.1. The fraction of sp³-hybridized carbons (Fsp3) is 0. The first kappa shape index (κ1) is 7.17. The molecule has 0 aliphatic heterocycles. The van der Waals surface area contributed by atoms with Crippen LogP contribution in [0, 0.1) is 0 Å². The van der Waals surface area contributed by atoms with Gasteiger partial charge >= 0.3 is 0 Å². The number of carbonyl (C=O) groups excluding carboxylic acids is 1. The van der Waals surface area contributed by atoms with Crippen molar-refractivity contribution in [2.45, 2.75) is 0 Å². The molecule has 0 atom stereocenters. The average molecular weight is 179 g/mol. The van der Waals surface area contributed by atoms with E-state index in [1.54, 1.807) is 6.07 Å². The van der Waals surface area contributed by atoms with Crippen LogP contribution in [0.25, 0.3) is 10.2 Å². The van der Waals surface area contributed by atoms with E-state index in [9.17, 15) is 4.79 Å². The Bertz CT molecular complexity index is 437. The second-order valence-corrected chi connectivity index (χ2v) is 3.12. The number of carbonyl (C=O) groups is 1. The standard InChI is InChI=1S/C7H5N3OS/c8-6(11)5-4-1-2-12-7(4)10-3-9-5/h1-3H,(H2,8,11). The fourth-order valence-corrected chi connectivity index (χ4v) is 1.72. The van der Waals surface area contributed by atoms with Gasteiger partial charge in [-0.3, -0.25) is 4.79 Å². The van der Waals surface area contributed by atoms with Gasteiger partial charge in [-0.1, -0.05) is 0 Å². The van der Waals surface area contributed by atoms with E-state index in [-0.39, 0.29) is 0 Å². The Morgan fingerprint density at radius 3 is 3.08 bits per heavy atom. The zero-order valence-electron chi connectivity index (χ0n) is 6.02. The minimum Gasteiger partial charge on any atom is -0.364 e. The first-order valence-corrected chi connectivity index (χ1v) is 4.15. The molecule has 4 nitrogen and oxygen atoms in total. The van der Waals surface area contributed by atoms with Gasteiger partial charge in [-0.05, 0) is 11.4 Å². The summed E-state index contributed by atoms with van der Waals surface area (Å²) in [7, 11) is 0. The summed E-state index contributed by atoms with van der Waals surface area (Å²) in [6.45, 7) is 0. The Labute approximate surface area is 72.1 Å². The minimum atomic E-state index is -0.513. The predicted molar refractivity (Wildman–Crippen MR) is 45.9 cm³/mol. The van der Waals surface area contributed by atoms with E-state index in [0.717, 1.165) is 10.2 Å². The normalized spacial score (nSPS) is 10.3. The van der Waals surface area contributed by atoms with Gasteiger partial charge in [0.15, 0.2) is 0 Å². The summed E-state index contributed by atoms with van der Waals surface area (Å²) in [5.41, 5.74) is 5.41. The van der Waals surface area contributed by atoms with Crippen molar-refractivity contribution in [3.63, 3.8) is 0 Å². The van der Waals surface area contributed by atoms with Crippen LogP contribution in [0.1, 0.15) is 10.5 Å². The SMILES string of the molecule is NC(=O)c1ncnc2sccc12. The molecule has 0 bridgehead atoms. The summed E-state index contributed by atoms with van der Waals surface area (Å²) in [6, 6.07) is 1.79. The van der Waals surface area contributed by atoms with Crippen molar-refractivity contribution < 1.29 is 4.79 Å². The number of rotatable bonds is 1. The van der Waals surface area contributed by atoms with Crippen molar-refractivity contribution in [1.82, 2.24) is 9.97 Å². The number of hydrogen-bond acceptors (Lipinski definition) is 4. The number of nitrogens with two attached hydrogens (primary N) is 1. The van der Waals surface area contributed by atoms with Crippen LogP contribution < -0.4 is 5.73 Å². The molecule has 2 aromatic heterocycles. The van der Waals surface area contributed by atoms with E-state index < -0.39 is 5.91 Å². The van der Waals surface area contributed by atoms with Crippen molar-refractivity contribution in [3.05, 3.63) is 23.5 Å². The maximum atomic E-state index is 10.8. The third-order valence-corrected chi connectivity index (χ3v) is 2.32. The van der Waals surface area contributed by atoms with Crippen LogP contribution >= 0.6 is 11.3 Å². The average Bonchev–Trinajstić information content (AvgIpc) is 2.49. The van der Waals surface area contributed by atoms with Gasteiger partial charge in [0, 0.05) is 5.39 Å². The third-order valence-electron chi connectivity index (χ3n) is 1.50. The highest BCUT2D eigenvalue weighted by Crippen LogP contribution is 2.19. The molecule has 12 heavy (non-hydrogen) atoms. The van der Waals surface area contributed by atoms with Crippen LogP contribution in [0.5, 0.6) is 0 Å². The van der Waals surface area contributed by atoms with Crippen LogP contribution in [-0.2, 0) is 0 Å². The molecule has 60 valence electrons. The maximum absolute atomic E-state index is 10.8. The van der Waals surface area contributed by atoms with E-state index in [1.165, 1.54) is 17.7 Å².